The van der Waals surface area contributed by atoms with Crippen LogP contribution >= 0.6 is 23.2 Å². The van der Waals surface area contributed by atoms with Crippen molar-refractivity contribution < 1.29 is 13.2 Å². The number of hydrogen-bond donors (Lipinski definition) is 0. The Hall–Kier alpha value is -2.52. The number of benzene rings is 2. The minimum Gasteiger partial charge on any atom is -0.352 e. The van der Waals surface area contributed by atoms with Gasteiger partial charge in [-0.2, -0.15) is 4.31 Å². The van der Waals surface area contributed by atoms with Crippen LogP contribution in [0.1, 0.15) is 17.3 Å². The van der Waals surface area contributed by atoms with Crippen LogP contribution in [0.15, 0.2) is 59.5 Å². The van der Waals surface area contributed by atoms with Gasteiger partial charge < -0.3 is 4.90 Å². The summed E-state index contributed by atoms with van der Waals surface area (Å²) < 4.78 is 27.3. The number of ketones is 1. The molecule has 0 amide bonds. The number of piperazine rings is 1. The summed E-state index contributed by atoms with van der Waals surface area (Å²) in [6.07, 6.45) is 0. The van der Waals surface area contributed by atoms with Crippen LogP contribution in [0, 0.1) is 0 Å². The second-order valence-electron chi connectivity index (χ2n) is 7.37. The lowest BCUT2D eigenvalue weighted by atomic mass is 10.1. The number of carbonyl (C=O) groups excluding carboxylic acids is 1. The first kappa shape index (κ1) is 22.7. The van der Waals surface area contributed by atoms with Gasteiger partial charge in [0.15, 0.2) is 11.6 Å². The van der Waals surface area contributed by atoms with E-state index in [1.165, 1.54) is 35.5 Å². The van der Waals surface area contributed by atoms with Gasteiger partial charge in [0.25, 0.3) is 0 Å². The minimum atomic E-state index is -3.63. The summed E-state index contributed by atoms with van der Waals surface area (Å²) in [7, 11) is -3.63. The molecular weight excluding hydrogens is 471 g/mol. The van der Waals surface area contributed by atoms with Gasteiger partial charge in [-0.25, -0.2) is 8.42 Å². The Balaban J connectivity index is 1.43. The van der Waals surface area contributed by atoms with E-state index in [1.54, 1.807) is 18.2 Å². The first-order valence-corrected chi connectivity index (χ1v) is 12.1. The largest absolute Gasteiger partial charge is 0.352 e. The molecule has 32 heavy (non-hydrogen) atoms. The molecule has 7 nitrogen and oxygen atoms in total. The third-order valence-electron chi connectivity index (χ3n) is 5.32. The number of aromatic nitrogens is 2. The number of nitrogens with zero attached hydrogens (tertiary/aromatic N) is 4. The van der Waals surface area contributed by atoms with E-state index in [4.69, 9.17) is 23.2 Å². The number of anilines is 1. The van der Waals surface area contributed by atoms with Crippen LogP contribution in [0.5, 0.6) is 0 Å². The normalized spacial score (nSPS) is 15.0. The van der Waals surface area contributed by atoms with Crippen molar-refractivity contribution in [3.8, 4) is 11.3 Å². The van der Waals surface area contributed by atoms with Crippen LogP contribution in [0.2, 0.25) is 10.0 Å². The maximum atomic E-state index is 12.9. The molecule has 0 bridgehead atoms. The van der Waals surface area contributed by atoms with Crippen molar-refractivity contribution >= 4 is 44.8 Å². The third kappa shape index (κ3) is 4.63. The first-order chi connectivity index (χ1) is 15.3. The molecule has 166 valence electrons. The summed E-state index contributed by atoms with van der Waals surface area (Å²) in [5.41, 5.74) is 1.85. The standard InChI is InChI=1S/C22H20Cl2N4O3S/c1-15(29)16-2-5-18(6-3-16)32(30,31)28-12-10-27(11-13-28)22-9-8-21(25-26-22)19-7-4-17(23)14-20(19)24/h2-9,14H,10-13H2,1H3. The highest BCUT2D eigenvalue weighted by Gasteiger charge is 2.29. The highest BCUT2D eigenvalue weighted by molar-refractivity contribution is 7.89. The summed E-state index contributed by atoms with van der Waals surface area (Å²) in [4.78, 5) is 13.6. The zero-order valence-corrected chi connectivity index (χ0v) is 19.5. The summed E-state index contributed by atoms with van der Waals surface area (Å²) in [5.74, 6) is 0.565. The molecule has 0 spiro atoms. The second-order valence-corrected chi connectivity index (χ2v) is 10.2. The van der Waals surface area contributed by atoms with Crippen molar-refractivity contribution in [2.24, 2.45) is 0 Å². The van der Waals surface area contributed by atoms with Gasteiger partial charge in [0.1, 0.15) is 0 Å². The van der Waals surface area contributed by atoms with E-state index >= 15 is 0 Å². The van der Waals surface area contributed by atoms with Gasteiger partial charge in [0, 0.05) is 42.3 Å². The molecule has 0 aliphatic carbocycles. The van der Waals surface area contributed by atoms with Gasteiger partial charge in [-0.3, -0.25) is 4.79 Å². The molecule has 1 saturated heterocycles. The fraction of sp³-hybridized carbons (Fsp3) is 0.227. The van der Waals surface area contributed by atoms with Gasteiger partial charge in [0.2, 0.25) is 10.0 Å². The molecule has 4 rings (SSSR count). The van der Waals surface area contributed by atoms with Crippen molar-refractivity contribution in [3.05, 3.63) is 70.2 Å². The third-order valence-corrected chi connectivity index (χ3v) is 7.78. The van der Waals surface area contributed by atoms with Crippen LogP contribution < -0.4 is 4.90 Å². The molecule has 0 atom stereocenters. The van der Waals surface area contributed by atoms with Crippen LogP contribution in [0.3, 0.4) is 0 Å². The molecule has 0 unspecified atom stereocenters. The molecular formula is C22H20Cl2N4O3S. The Morgan fingerprint density at radius 3 is 2.16 bits per heavy atom. The predicted octanol–water partition coefficient (Wildman–Crippen LogP) is 4.16. The summed E-state index contributed by atoms with van der Waals surface area (Å²) in [6.45, 7) is 3.07. The molecule has 0 radical (unpaired) electrons. The van der Waals surface area contributed by atoms with Gasteiger partial charge in [0.05, 0.1) is 15.6 Å². The lowest BCUT2D eigenvalue weighted by Gasteiger charge is -2.34. The van der Waals surface area contributed by atoms with Crippen LogP contribution in [0.4, 0.5) is 5.82 Å². The zero-order chi connectivity index (χ0) is 22.9. The van der Waals surface area contributed by atoms with Crippen molar-refractivity contribution in [2.75, 3.05) is 31.1 Å². The molecule has 1 aliphatic rings. The average molecular weight is 491 g/mol. The molecule has 1 fully saturated rings. The number of rotatable bonds is 5. The average Bonchev–Trinajstić information content (AvgIpc) is 2.79. The van der Waals surface area contributed by atoms with E-state index in [0.29, 0.717) is 53.3 Å². The SMILES string of the molecule is CC(=O)c1ccc(S(=O)(=O)N2CCN(c3ccc(-c4ccc(Cl)cc4Cl)nn3)CC2)cc1. The molecule has 0 saturated carbocycles. The van der Waals surface area contributed by atoms with E-state index in [1.807, 2.05) is 17.0 Å². The molecule has 1 aliphatic heterocycles. The van der Waals surface area contributed by atoms with Crippen molar-refractivity contribution in [1.82, 2.24) is 14.5 Å². The lowest BCUT2D eigenvalue weighted by molar-refractivity contribution is 0.101. The molecule has 10 heteroatoms. The quantitative estimate of drug-likeness (QED) is 0.499. The summed E-state index contributed by atoms with van der Waals surface area (Å²) in [6, 6.07) is 14.9. The molecule has 3 aromatic rings. The summed E-state index contributed by atoms with van der Waals surface area (Å²) >= 11 is 12.2. The maximum Gasteiger partial charge on any atom is 0.243 e. The zero-order valence-electron chi connectivity index (χ0n) is 17.2. The van der Waals surface area contributed by atoms with E-state index in [2.05, 4.69) is 10.2 Å². The number of hydrogen-bond acceptors (Lipinski definition) is 6. The number of carbonyl (C=O) groups is 1. The van der Waals surface area contributed by atoms with Crippen molar-refractivity contribution in [1.29, 1.82) is 0 Å². The van der Waals surface area contributed by atoms with Gasteiger partial charge in [-0.15, -0.1) is 10.2 Å². The lowest BCUT2D eigenvalue weighted by Crippen LogP contribution is -2.49. The van der Waals surface area contributed by atoms with E-state index in [9.17, 15) is 13.2 Å². The predicted molar refractivity (Wildman–Crippen MR) is 125 cm³/mol. The number of sulfonamides is 1. The van der Waals surface area contributed by atoms with Crippen molar-refractivity contribution in [2.45, 2.75) is 11.8 Å². The number of Topliss-reactive ketones (excluding diaryl/α,β-unsaturated/α-hetero) is 1. The Labute approximate surface area is 196 Å². The van der Waals surface area contributed by atoms with Crippen molar-refractivity contribution in [3.63, 3.8) is 0 Å². The smallest absolute Gasteiger partial charge is 0.243 e. The molecule has 0 N–H and O–H groups in total. The van der Waals surface area contributed by atoms with Crippen LogP contribution in [0.25, 0.3) is 11.3 Å². The molecule has 1 aromatic heterocycles. The van der Waals surface area contributed by atoms with Gasteiger partial charge in [-0.1, -0.05) is 35.3 Å². The monoisotopic (exact) mass is 490 g/mol. The number of halogens is 2. The fourth-order valence-electron chi connectivity index (χ4n) is 3.50. The van der Waals surface area contributed by atoms with Crippen LogP contribution in [-0.2, 0) is 10.0 Å². The first-order valence-electron chi connectivity index (χ1n) is 9.91. The van der Waals surface area contributed by atoms with E-state index in [0.717, 1.165) is 5.56 Å². The van der Waals surface area contributed by atoms with Crippen LogP contribution in [-0.4, -0.2) is 54.9 Å². The minimum absolute atomic E-state index is 0.104. The maximum absolute atomic E-state index is 12.9. The van der Waals surface area contributed by atoms with E-state index in [-0.39, 0.29) is 10.7 Å². The van der Waals surface area contributed by atoms with Gasteiger partial charge >= 0.3 is 0 Å². The second kappa shape index (κ2) is 9.15. The Morgan fingerprint density at radius 2 is 1.59 bits per heavy atom. The highest BCUT2D eigenvalue weighted by atomic mass is 35.5. The Bertz CT molecular complexity index is 1240. The van der Waals surface area contributed by atoms with E-state index < -0.39 is 10.0 Å². The Kier molecular flexibility index (Phi) is 6.48. The molecule has 2 heterocycles. The molecule has 2 aromatic carbocycles. The Morgan fingerprint density at radius 1 is 0.906 bits per heavy atom. The topological polar surface area (TPSA) is 83.5 Å². The fourth-order valence-corrected chi connectivity index (χ4v) is 5.43. The summed E-state index contributed by atoms with van der Waals surface area (Å²) in [5, 5.41) is 9.61. The highest BCUT2D eigenvalue weighted by Crippen LogP contribution is 2.29. The van der Waals surface area contributed by atoms with Gasteiger partial charge in [-0.05, 0) is 49.4 Å².